The summed E-state index contributed by atoms with van der Waals surface area (Å²) in [6.07, 6.45) is 9.43. The van der Waals surface area contributed by atoms with Crippen molar-refractivity contribution in [3.63, 3.8) is 0 Å². The second-order valence-corrected chi connectivity index (χ2v) is 16.5. The van der Waals surface area contributed by atoms with E-state index in [2.05, 4.69) is 20.8 Å². The summed E-state index contributed by atoms with van der Waals surface area (Å²) < 4.78 is 32.5. The summed E-state index contributed by atoms with van der Waals surface area (Å²) in [5, 5.41) is 26.0. The molecule has 1 aliphatic carbocycles. The number of rotatable bonds is 4. The fourth-order valence-corrected chi connectivity index (χ4v) is 9.19. The highest BCUT2D eigenvalue weighted by Crippen LogP contribution is 2.48. The molecule has 0 amide bonds. The number of benzene rings is 2. The van der Waals surface area contributed by atoms with E-state index < -0.39 is 53.7 Å². The Morgan fingerprint density at radius 2 is 1.83 bits per heavy atom. The molecule has 12 atom stereocenters. The average Bonchev–Trinajstić information content (AvgIpc) is 3.50. The molecule has 0 radical (unpaired) electrons. The number of aliphatic hydroxyl groups is 2. The molecule has 4 aliphatic heterocycles. The Hall–Kier alpha value is -3.60. The highest BCUT2D eigenvalue weighted by atomic mass is 16.7. The molecule has 4 heterocycles. The number of allylic oxidation sites excluding steroid dienone is 2. The van der Waals surface area contributed by atoms with Gasteiger partial charge in [-0.15, -0.1) is 0 Å². The molecule has 0 unspecified atom stereocenters. The first-order chi connectivity index (χ1) is 25.8. The molecule has 2 aromatic rings. The van der Waals surface area contributed by atoms with Crippen LogP contribution in [0.5, 0.6) is 0 Å². The Labute approximate surface area is 319 Å². The standard InChI is InChI=1S/C45H56O9/c1-7-26(2)39-29(5)19-20-44(54-39)24-36-23-35(53-44)18-15-28(4)38(46)27(3)11-10-14-34-25-50-41-40(30(6)21-37(43(48)51-36)45(34,41)49)52-42(47)33-17-16-31-12-8-9-13-32(31)22-33/h8-17,21-22,26-27,29,35-41,46,49H,7,18-20,23-25H2,1-6H3/b11-10+,28-15+,34-14+/t26-,27-,29-,35+,36-,37-,38-,39+,40+,41+,44+,45+/m0/s1. The first kappa shape index (κ1) is 38.7. The van der Waals surface area contributed by atoms with Crippen molar-refractivity contribution in [3.8, 4) is 0 Å². The van der Waals surface area contributed by atoms with E-state index in [-0.39, 0.29) is 24.7 Å². The van der Waals surface area contributed by atoms with Crippen LogP contribution in [0.3, 0.4) is 0 Å². The number of aliphatic hydroxyl groups excluding tert-OH is 1. The third-order valence-corrected chi connectivity index (χ3v) is 12.7. The van der Waals surface area contributed by atoms with Crippen molar-refractivity contribution in [2.75, 3.05) is 6.61 Å². The molecule has 7 rings (SSSR count). The number of hydrogen-bond acceptors (Lipinski definition) is 9. The van der Waals surface area contributed by atoms with E-state index in [1.54, 1.807) is 37.3 Å². The van der Waals surface area contributed by atoms with Gasteiger partial charge in [0.05, 0.1) is 30.5 Å². The second kappa shape index (κ2) is 15.5. The zero-order valence-corrected chi connectivity index (χ0v) is 32.4. The zero-order chi connectivity index (χ0) is 38.4. The van der Waals surface area contributed by atoms with Gasteiger partial charge in [-0.3, -0.25) is 4.79 Å². The van der Waals surface area contributed by atoms with Crippen molar-refractivity contribution in [1.82, 2.24) is 0 Å². The average molecular weight is 741 g/mol. The van der Waals surface area contributed by atoms with Crippen LogP contribution in [0.25, 0.3) is 10.8 Å². The van der Waals surface area contributed by atoms with Gasteiger partial charge < -0.3 is 33.9 Å². The molecule has 0 saturated carbocycles. The van der Waals surface area contributed by atoms with E-state index in [0.29, 0.717) is 54.2 Å². The van der Waals surface area contributed by atoms with Crippen molar-refractivity contribution >= 4 is 22.7 Å². The van der Waals surface area contributed by atoms with Gasteiger partial charge in [0.1, 0.15) is 23.7 Å². The van der Waals surface area contributed by atoms with Crippen molar-refractivity contribution in [2.24, 2.45) is 23.7 Å². The molecule has 1 spiro atoms. The Balaban J connectivity index is 1.23. The summed E-state index contributed by atoms with van der Waals surface area (Å²) in [6, 6.07) is 13.2. The lowest BCUT2D eigenvalue weighted by Crippen LogP contribution is -2.59. The first-order valence-electron chi connectivity index (χ1n) is 19.8. The maximum atomic E-state index is 14.5. The van der Waals surface area contributed by atoms with Crippen LogP contribution in [0.4, 0.5) is 0 Å². The molecule has 0 aromatic heterocycles. The third-order valence-electron chi connectivity index (χ3n) is 12.7. The fourth-order valence-electron chi connectivity index (χ4n) is 9.19. The van der Waals surface area contributed by atoms with Gasteiger partial charge in [0, 0.05) is 25.2 Å². The van der Waals surface area contributed by atoms with Crippen LogP contribution in [0.15, 0.2) is 89.6 Å². The maximum Gasteiger partial charge on any atom is 0.338 e. The van der Waals surface area contributed by atoms with Gasteiger partial charge in [0.2, 0.25) is 0 Å². The molecular weight excluding hydrogens is 684 g/mol. The number of carbonyl (C=O) groups is 2. The molecule has 2 N–H and O–H groups in total. The molecule has 9 nitrogen and oxygen atoms in total. The number of carbonyl (C=O) groups excluding carboxylic acids is 2. The lowest BCUT2D eigenvalue weighted by Gasteiger charge is -2.51. The Morgan fingerprint density at radius 1 is 1.06 bits per heavy atom. The summed E-state index contributed by atoms with van der Waals surface area (Å²) in [4.78, 5) is 28.2. The summed E-state index contributed by atoms with van der Waals surface area (Å²) >= 11 is 0. The lowest BCUT2D eigenvalue weighted by molar-refractivity contribution is -0.340. The Bertz CT molecular complexity index is 1860. The Morgan fingerprint density at radius 3 is 2.61 bits per heavy atom. The van der Waals surface area contributed by atoms with Crippen molar-refractivity contribution in [1.29, 1.82) is 0 Å². The highest BCUT2D eigenvalue weighted by Gasteiger charge is 2.61. The quantitative estimate of drug-likeness (QED) is 0.242. The minimum Gasteiger partial charge on any atom is -0.462 e. The van der Waals surface area contributed by atoms with Crippen molar-refractivity contribution in [2.45, 2.75) is 128 Å². The molecule has 2 bridgehead atoms. The molecular formula is C45H56O9. The molecule has 2 aromatic carbocycles. The van der Waals surface area contributed by atoms with Gasteiger partial charge in [0.25, 0.3) is 0 Å². The van der Waals surface area contributed by atoms with E-state index in [0.717, 1.165) is 29.2 Å². The van der Waals surface area contributed by atoms with Crippen LogP contribution in [0, 0.1) is 23.7 Å². The predicted molar refractivity (Wildman–Crippen MR) is 205 cm³/mol. The molecule has 5 aliphatic rings. The molecule has 9 heteroatoms. The first-order valence-corrected chi connectivity index (χ1v) is 19.8. The smallest absolute Gasteiger partial charge is 0.338 e. The van der Waals surface area contributed by atoms with E-state index in [1.165, 1.54) is 0 Å². The Kier molecular flexibility index (Phi) is 11.1. The summed E-state index contributed by atoms with van der Waals surface area (Å²) in [7, 11) is 0. The maximum absolute atomic E-state index is 14.5. The summed E-state index contributed by atoms with van der Waals surface area (Å²) in [5.41, 5.74) is 0.381. The van der Waals surface area contributed by atoms with Crippen molar-refractivity contribution < 1.29 is 43.5 Å². The number of hydrogen-bond donors (Lipinski definition) is 2. The van der Waals surface area contributed by atoms with Gasteiger partial charge in [-0.1, -0.05) is 94.8 Å². The van der Waals surface area contributed by atoms with E-state index in [1.807, 2.05) is 56.3 Å². The lowest BCUT2D eigenvalue weighted by atomic mass is 9.70. The van der Waals surface area contributed by atoms with Gasteiger partial charge in [0.15, 0.2) is 11.9 Å². The molecule has 3 saturated heterocycles. The largest absolute Gasteiger partial charge is 0.462 e. The SMILES string of the molecule is CC[C@H](C)[C@H]1O[C@]2(CC[C@@H]1C)C[C@@H]1C[C@@H](C/C=C(\C)[C@@H](O)[C@@H](C)/C=C/C=C3\CO[C@@H]4[C@H](OC(=O)c5ccc6ccccc6c5)C(C)=C[C@@H](C(=O)O1)[C@]34O)O2. The molecule has 290 valence electrons. The fraction of sp³-hybridized carbons (Fsp3) is 0.556. The second-order valence-electron chi connectivity index (χ2n) is 16.5. The van der Waals surface area contributed by atoms with Crippen LogP contribution in [0.1, 0.15) is 90.4 Å². The summed E-state index contributed by atoms with van der Waals surface area (Å²) in [6.45, 7) is 12.3. The monoisotopic (exact) mass is 740 g/mol. The minimum absolute atomic E-state index is 0.00595. The summed E-state index contributed by atoms with van der Waals surface area (Å²) in [5.74, 6) is -2.72. The third kappa shape index (κ3) is 7.38. The number of esters is 2. The van der Waals surface area contributed by atoms with E-state index >= 15 is 0 Å². The van der Waals surface area contributed by atoms with Crippen LogP contribution >= 0.6 is 0 Å². The number of ether oxygens (including phenoxy) is 5. The van der Waals surface area contributed by atoms with Gasteiger partial charge in [-0.2, -0.15) is 0 Å². The zero-order valence-electron chi connectivity index (χ0n) is 32.4. The van der Waals surface area contributed by atoms with Gasteiger partial charge in [-0.25, -0.2) is 4.79 Å². The van der Waals surface area contributed by atoms with Crippen LogP contribution < -0.4 is 0 Å². The minimum atomic E-state index is -1.87. The highest BCUT2D eigenvalue weighted by molar-refractivity contribution is 5.95. The number of fused-ring (bicyclic) bond motifs is 3. The predicted octanol–water partition coefficient (Wildman–Crippen LogP) is 7.55. The molecule has 54 heavy (non-hydrogen) atoms. The van der Waals surface area contributed by atoms with Crippen LogP contribution in [-0.2, 0) is 28.5 Å². The van der Waals surface area contributed by atoms with E-state index in [4.69, 9.17) is 23.7 Å². The molecule has 3 fully saturated rings. The van der Waals surface area contributed by atoms with E-state index in [9.17, 15) is 19.8 Å². The van der Waals surface area contributed by atoms with Gasteiger partial charge in [-0.05, 0) is 78.1 Å². The normalized spacial score (nSPS) is 40.3. The van der Waals surface area contributed by atoms with Crippen LogP contribution in [0.2, 0.25) is 0 Å². The van der Waals surface area contributed by atoms with Gasteiger partial charge >= 0.3 is 11.9 Å². The van der Waals surface area contributed by atoms with Crippen LogP contribution in [-0.4, -0.2) is 76.8 Å². The van der Waals surface area contributed by atoms with Crippen molar-refractivity contribution in [3.05, 3.63) is 95.1 Å². The topological polar surface area (TPSA) is 121 Å².